The molecule has 3 aliphatic carbocycles. The Morgan fingerprint density at radius 1 is 1.05 bits per heavy atom. The van der Waals surface area contributed by atoms with Crippen LogP contribution in [0.3, 0.4) is 0 Å². The number of benzene rings is 1. The van der Waals surface area contributed by atoms with Crippen molar-refractivity contribution in [2.75, 3.05) is 13.2 Å². The maximum absolute atomic E-state index is 13.8. The summed E-state index contributed by atoms with van der Waals surface area (Å²) >= 11 is 0. The molecule has 2 heterocycles. The van der Waals surface area contributed by atoms with E-state index in [2.05, 4.69) is 73.1 Å². The topological polar surface area (TPSA) is 99.8 Å². The summed E-state index contributed by atoms with van der Waals surface area (Å²) in [6.07, 6.45) is 7.90. The van der Waals surface area contributed by atoms with Crippen LogP contribution >= 0.6 is 0 Å². The number of ether oxygens (including phenoxy) is 1. The highest BCUT2D eigenvalue weighted by Crippen LogP contribution is 2.56. The molecule has 0 amide bonds. The normalized spacial score (nSPS) is 35.8. The summed E-state index contributed by atoms with van der Waals surface area (Å²) < 4.78 is 37.4. The number of hydrogen-bond acceptors (Lipinski definition) is 7. The summed E-state index contributed by atoms with van der Waals surface area (Å²) in [4.78, 5) is 14.6. The zero-order chi connectivity index (χ0) is 29.9. The number of nitrogens with one attached hydrogen (secondary N) is 3. The number of hydrogen-bond donors (Lipinski definition) is 3. The molecule has 9 heteroatoms. The zero-order valence-electron chi connectivity index (χ0n) is 26.2. The number of Topliss-reactive ketones (excluding diaryl/α,β-unsaturated/α-hetero) is 1. The number of aryl methyl sites for hydroxylation is 2. The molecule has 5 fully saturated rings. The number of fused-ring (bicyclic) bond motifs is 4. The van der Waals surface area contributed by atoms with E-state index in [1.165, 1.54) is 16.7 Å². The van der Waals surface area contributed by atoms with E-state index in [4.69, 9.17) is 4.74 Å². The third-order valence-electron chi connectivity index (χ3n) is 10.7. The van der Waals surface area contributed by atoms with Crippen LogP contribution in [0.1, 0.15) is 108 Å². The molecule has 8 nitrogen and oxygen atoms in total. The van der Waals surface area contributed by atoms with E-state index < -0.39 is 16.3 Å². The van der Waals surface area contributed by atoms with E-state index in [1.54, 1.807) is 0 Å². The van der Waals surface area contributed by atoms with Crippen LogP contribution in [0.4, 0.5) is 0 Å². The Morgan fingerprint density at radius 2 is 1.76 bits per heavy atom. The summed E-state index contributed by atoms with van der Waals surface area (Å²) in [6.45, 7) is 12.7. The van der Waals surface area contributed by atoms with Gasteiger partial charge in [0.05, 0.1) is 11.9 Å². The summed E-state index contributed by atoms with van der Waals surface area (Å²) in [7, 11) is -3.55. The van der Waals surface area contributed by atoms with Gasteiger partial charge in [-0.05, 0) is 85.8 Å². The van der Waals surface area contributed by atoms with Crippen molar-refractivity contribution in [3.63, 3.8) is 0 Å². The summed E-state index contributed by atoms with van der Waals surface area (Å²) in [5, 5.41) is 6.66. The third kappa shape index (κ3) is 6.52. The second-order valence-corrected chi connectivity index (χ2v) is 17.6. The molecule has 6 atom stereocenters. The highest BCUT2D eigenvalue weighted by atomic mass is 32.2. The Morgan fingerprint density at radius 3 is 2.43 bits per heavy atom. The number of ketones is 1. The van der Waals surface area contributed by atoms with Gasteiger partial charge >= 0.3 is 0 Å². The Kier molecular flexibility index (Phi) is 8.42. The molecule has 3 N–H and O–H groups in total. The number of carbonyl (C=O) groups is 1. The van der Waals surface area contributed by atoms with Crippen molar-refractivity contribution < 1.29 is 17.9 Å². The minimum absolute atomic E-state index is 0.0332. The second-order valence-electron chi connectivity index (χ2n) is 15.6. The fourth-order valence-electron chi connectivity index (χ4n) is 8.85. The molecule has 5 aliphatic rings. The lowest BCUT2D eigenvalue weighted by Gasteiger charge is -2.58. The van der Waals surface area contributed by atoms with Gasteiger partial charge in [0.15, 0.2) is 0 Å². The van der Waals surface area contributed by atoms with Crippen LogP contribution in [0, 0.1) is 30.6 Å². The van der Waals surface area contributed by atoms with Gasteiger partial charge < -0.3 is 4.74 Å². The highest BCUT2D eigenvalue weighted by molar-refractivity contribution is 7.90. The molecule has 2 aliphatic heterocycles. The molecule has 1 aromatic rings. The minimum Gasteiger partial charge on any atom is -0.362 e. The van der Waals surface area contributed by atoms with Crippen molar-refractivity contribution in [1.29, 1.82) is 0 Å². The van der Waals surface area contributed by atoms with Crippen molar-refractivity contribution in [1.82, 2.24) is 20.3 Å². The predicted octanol–water partition coefficient (Wildman–Crippen LogP) is 4.66. The monoisotopic (exact) mass is 600 g/mol. The lowest BCUT2D eigenvalue weighted by atomic mass is 9.53. The van der Waals surface area contributed by atoms with Gasteiger partial charge in [0, 0.05) is 43.9 Å². The summed E-state index contributed by atoms with van der Waals surface area (Å²) in [5.41, 5.74) is 3.97. The van der Waals surface area contributed by atoms with Crippen LogP contribution in [0.5, 0.6) is 0 Å². The van der Waals surface area contributed by atoms with Gasteiger partial charge in [-0.25, -0.2) is 8.42 Å². The Hall–Kier alpha value is -1.36. The fourth-order valence-corrected chi connectivity index (χ4v) is 10.5. The molecular weight excluding hydrogens is 548 g/mol. The van der Waals surface area contributed by atoms with Gasteiger partial charge in [0.25, 0.3) is 0 Å². The van der Waals surface area contributed by atoms with Crippen molar-refractivity contribution in [2.45, 2.75) is 135 Å². The number of sulfonamides is 1. The van der Waals surface area contributed by atoms with Crippen LogP contribution in [0.15, 0.2) is 18.2 Å². The van der Waals surface area contributed by atoms with E-state index in [0.717, 1.165) is 51.5 Å². The van der Waals surface area contributed by atoms with Gasteiger partial charge in [-0.3, -0.25) is 20.3 Å². The van der Waals surface area contributed by atoms with E-state index in [9.17, 15) is 13.2 Å². The first kappa shape index (κ1) is 30.7. The van der Waals surface area contributed by atoms with Gasteiger partial charge in [-0.15, -0.1) is 0 Å². The highest BCUT2D eigenvalue weighted by Gasteiger charge is 2.55. The molecule has 0 aromatic heterocycles. The van der Waals surface area contributed by atoms with Gasteiger partial charge in [0.1, 0.15) is 18.3 Å². The summed E-state index contributed by atoms with van der Waals surface area (Å²) in [5.74, 6) is 0.747. The molecule has 2 saturated heterocycles. The Labute approximate surface area is 253 Å². The maximum atomic E-state index is 13.8. The van der Waals surface area contributed by atoms with Gasteiger partial charge in [0.2, 0.25) is 10.0 Å². The van der Waals surface area contributed by atoms with Crippen LogP contribution in [-0.4, -0.2) is 62.1 Å². The molecule has 42 heavy (non-hydrogen) atoms. The van der Waals surface area contributed by atoms with Crippen LogP contribution in [-0.2, 0) is 19.6 Å². The van der Waals surface area contributed by atoms with Crippen LogP contribution in [0.2, 0.25) is 0 Å². The maximum Gasteiger partial charge on any atom is 0.216 e. The van der Waals surface area contributed by atoms with Crippen molar-refractivity contribution in [3.8, 4) is 0 Å². The predicted molar refractivity (Wildman–Crippen MR) is 165 cm³/mol. The summed E-state index contributed by atoms with van der Waals surface area (Å²) in [6, 6.07) is 6.98. The smallest absolute Gasteiger partial charge is 0.216 e. The Bertz CT molecular complexity index is 1240. The quantitative estimate of drug-likeness (QED) is 0.464. The average Bonchev–Trinajstić information content (AvgIpc) is 2.85. The van der Waals surface area contributed by atoms with Crippen LogP contribution < -0.4 is 15.4 Å². The molecule has 3 saturated carbocycles. The molecular formula is C33H52N4O4S. The molecule has 6 rings (SSSR count). The lowest BCUT2D eigenvalue weighted by molar-refractivity contribution is -0.148. The molecule has 0 radical (unpaired) electrons. The first-order valence-electron chi connectivity index (χ1n) is 16.3. The largest absolute Gasteiger partial charge is 0.362 e. The van der Waals surface area contributed by atoms with Gasteiger partial charge in [-0.1, -0.05) is 45.4 Å². The Balaban J connectivity index is 1.31. The number of nitrogens with zero attached hydrogens (tertiary/aromatic N) is 1. The first-order valence-corrected chi connectivity index (χ1v) is 17.8. The number of carbonyl (C=O) groups excluding carboxylic acids is 1. The zero-order valence-corrected chi connectivity index (χ0v) is 27.1. The molecule has 234 valence electrons. The van der Waals surface area contributed by atoms with Crippen LogP contribution in [0.25, 0.3) is 0 Å². The number of rotatable bonds is 3. The molecule has 1 aromatic carbocycles. The molecule has 5 unspecified atom stereocenters. The molecule has 4 bridgehead atoms. The van der Waals surface area contributed by atoms with E-state index in [0.29, 0.717) is 43.6 Å². The molecule has 1 spiro atoms. The van der Waals surface area contributed by atoms with E-state index in [-0.39, 0.29) is 34.4 Å². The lowest BCUT2D eigenvalue weighted by Crippen LogP contribution is -2.64. The average molecular weight is 601 g/mol. The van der Waals surface area contributed by atoms with E-state index in [1.807, 2.05) is 0 Å². The van der Waals surface area contributed by atoms with E-state index >= 15 is 0 Å². The fraction of sp³-hybridized carbons (Fsp3) is 0.788. The first-order chi connectivity index (χ1) is 19.8. The van der Waals surface area contributed by atoms with Crippen molar-refractivity contribution >= 4 is 15.8 Å². The standard InChI is InChI=1S/C33H52N4O4S/c1-21-8-6-9-22(2)30(21)28-13-29-35-31(34-28)36-42(39,40)27-11-7-10-23(12-27)19-37(25(20-41-29)14-32(3,4)5)24-15-33(16-24)17-26(38)18-33/h6,8-9,23-25,27-29,31,34-36H,7,10-20H2,1-5H3/t23?,25-,27?,28?,29?,31?/m1/s1. The van der Waals surface area contributed by atoms with Crippen molar-refractivity contribution in [2.24, 2.45) is 16.7 Å². The minimum atomic E-state index is -3.55. The second kappa shape index (κ2) is 11.5. The SMILES string of the molecule is Cc1cccc(C)c1C1CC2NC(N1)NS(=O)(=O)C1CCCC(C1)CN(C1CC3(CC(=O)C3)C1)[C@H](CC(C)(C)C)CO2. The van der Waals surface area contributed by atoms with Gasteiger partial charge in [-0.2, -0.15) is 4.72 Å². The third-order valence-corrected chi connectivity index (χ3v) is 12.6. The van der Waals surface area contributed by atoms with Crippen molar-refractivity contribution in [3.05, 3.63) is 34.9 Å².